The minimum absolute atomic E-state index is 0.116. The summed E-state index contributed by atoms with van der Waals surface area (Å²) < 4.78 is 5.81. The molecule has 0 bridgehead atoms. The summed E-state index contributed by atoms with van der Waals surface area (Å²) in [6.45, 7) is 9.12. The third-order valence-corrected chi connectivity index (χ3v) is 5.10. The van der Waals surface area contributed by atoms with Crippen molar-refractivity contribution in [3.63, 3.8) is 0 Å². The van der Waals surface area contributed by atoms with Crippen LogP contribution in [0.3, 0.4) is 0 Å². The lowest BCUT2D eigenvalue weighted by Gasteiger charge is -2.22. The summed E-state index contributed by atoms with van der Waals surface area (Å²) in [6, 6.07) is 8.29. The molecule has 2 heterocycles. The van der Waals surface area contributed by atoms with Crippen molar-refractivity contribution < 1.29 is 9.77 Å². The van der Waals surface area contributed by atoms with Crippen LogP contribution in [0.4, 0.5) is 0 Å². The minimum Gasteiger partial charge on any atom is -0.375 e. The Balaban J connectivity index is 1.71. The van der Waals surface area contributed by atoms with Gasteiger partial charge in [-0.3, -0.25) is 0 Å². The lowest BCUT2D eigenvalue weighted by Crippen LogP contribution is -2.35. The van der Waals surface area contributed by atoms with Gasteiger partial charge in [-0.15, -0.1) is 0 Å². The molecule has 0 saturated carbocycles. The van der Waals surface area contributed by atoms with Gasteiger partial charge in [0.15, 0.2) is 5.03 Å². The van der Waals surface area contributed by atoms with Gasteiger partial charge in [-0.2, -0.15) is 0 Å². The van der Waals surface area contributed by atoms with E-state index in [0.717, 1.165) is 31.5 Å². The van der Waals surface area contributed by atoms with Crippen molar-refractivity contribution in [2.45, 2.75) is 39.2 Å². The molecule has 0 N–H and O–H groups in total. The molecule has 2 aliphatic rings. The summed E-state index contributed by atoms with van der Waals surface area (Å²) >= 11 is 0. The van der Waals surface area contributed by atoms with E-state index in [1.54, 1.807) is 0 Å². The maximum absolute atomic E-state index is 11.1. The Morgan fingerprint density at radius 1 is 1.41 bits per heavy atom. The van der Waals surface area contributed by atoms with E-state index in [0.29, 0.717) is 25.0 Å². The monoisotopic (exact) mass is 372 g/mol. The fourth-order valence-corrected chi connectivity index (χ4v) is 3.80. The molecule has 2 saturated heterocycles. The molecule has 1 aromatic carbocycles. The van der Waals surface area contributed by atoms with E-state index >= 15 is 0 Å². The Morgan fingerprint density at radius 3 is 2.89 bits per heavy atom. The van der Waals surface area contributed by atoms with Crippen molar-refractivity contribution in [1.82, 2.24) is 9.80 Å². The zero-order chi connectivity index (χ0) is 19.4. The average molecular weight is 372 g/mol. The van der Waals surface area contributed by atoms with Crippen LogP contribution in [0.1, 0.15) is 38.3 Å². The predicted octanol–water partition coefficient (Wildman–Crippen LogP) is 3.20. The molecule has 2 fully saturated rings. The second-order valence-electron chi connectivity index (χ2n) is 7.83. The SMILES string of the molecule is CCc1cccc(C=CN2CCN(CC3COC(C)(C)C3)C2=N[N+](=O)[O-])c1. The van der Waals surface area contributed by atoms with Crippen LogP contribution in [0.2, 0.25) is 0 Å². The Morgan fingerprint density at radius 2 is 2.22 bits per heavy atom. The van der Waals surface area contributed by atoms with Crippen molar-refractivity contribution in [2.24, 2.45) is 11.0 Å². The van der Waals surface area contributed by atoms with Gasteiger partial charge in [-0.25, -0.2) is 10.1 Å². The lowest BCUT2D eigenvalue weighted by atomic mass is 9.97. The number of aryl methyl sites for hydroxylation is 1. The van der Waals surface area contributed by atoms with Gasteiger partial charge in [-0.05, 0) is 43.9 Å². The van der Waals surface area contributed by atoms with Gasteiger partial charge in [0.1, 0.15) is 5.10 Å². The molecule has 3 rings (SSSR count). The summed E-state index contributed by atoms with van der Waals surface area (Å²) in [7, 11) is 0. The number of nitro groups is 1. The van der Waals surface area contributed by atoms with E-state index in [9.17, 15) is 10.1 Å². The number of guanidine groups is 1. The van der Waals surface area contributed by atoms with E-state index in [4.69, 9.17) is 4.74 Å². The fourth-order valence-electron chi connectivity index (χ4n) is 3.80. The number of hydrogen-bond donors (Lipinski definition) is 0. The third kappa shape index (κ3) is 5.07. The van der Waals surface area contributed by atoms with Crippen molar-refractivity contribution in [1.29, 1.82) is 0 Å². The number of hydrazone groups is 1. The highest BCUT2D eigenvalue weighted by atomic mass is 16.7. The van der Waals surface area contributed by atoms with Gasteiger partial charge in [0.2, 0.25) is 0 Å². The summed E-state index contributed by atoms with van der Waals surface area (Å²) in [5, 5.41) is 14.1. The number of hydrogen-bond acceptors (Lipinski definition) is 3. The molecule has 146 valence electrons. The van der Waals surface area contributed by atoms with Gasteiger partial charge < -0.3 is 14.5 Å². The van der Waals surface area contributed by atoms with E-state index in [-0.39, 0.29) is 5.60 Å². The molecule has 7 nitrogen and oxygen atoms in total. The van der Waals surface area contributed by atoms with Crippen LogP contribution in [0.15, 0.2) is 35.6 Å². The first-order valence-corrected chi connectivity index (χ1v) is 9.52. The van der Waals surface area contributed by atoms with Crippen LogP contribution in [-0.2, 0) is 11.2 Å². The van der Waals surface area contributed by atoms with Crippen LogP contribution in [-0.4, -0.2) is 52.6 Å². The molecule has 27 heavy (non-hydrogen) atoms. The quantitative estimate of drug-likeness (QED) is 0.566. The zero-order valence-electron chi connectivity index (χ0n) is 16.3. The van der Waals surface area contributed by atoms with E-state index in [2.05, 4.69) is 38.0 Å². The molecule has 2 aliphatic heterocycles. The van der Waals surface area contributed by atoms with E-state index < -0.39 is 5.03 Å². The Bertz CT molecular complexity index is 744. The van der Waals surface area contributed by atoms with Gasteiger partial charge in [0, 0.05) is 31.8 Å². The highest BCUT2D eigenvalue weighted by Gasteiger charge is 2.36. The maximum atomic E-state index is 11.1. The van der Waals surface area contributed by atoms with Gasteiger partial charge >= 0.3 is 0 Å². The second kappa shape index (κ2) is 8.08. The highest BCUT2D eigenvalue weighted by Crippen LogP contribution is 2.30. The summed E-state index contributed by atoms with van der Waals surface area (Å²) in [6.07, 6.45) is 5.81. The van der Waals surface area contributed by atoms with E-state index in [1.807, 2.05) is 34.2 Å². The normalized spacial score (nSPS) is 23.7. The second-order valence-corrected chi connectivity index (χ2v) is 7.83. The first-order chi connectivity index (χ1) is 12.9. The van der Waals surface area contributed by atoms with Crippen molar-refractivity contribution in [3.05, 3.63) is 51.7 Å². The Kier molecular flexibility index (Phi) is 5.79. The summed E-state index contributed by atoms with van der Waals surface area (Å²) in [4.78, 5) is 14.9. The van der Waals surface area contributed by atoms with Crippen molar-refractivity contribution >= 4 is 12.0 Å². The molecule has 7 heteroatoms. The van der Waals surface area contributed by atoms with Gasteiger partial charge in [0.05, 0.1) is 12.2 Å². The fraction of sp³-hybridized carbons (Fsp3) is 0.550. The first-order valence-electron chi connectivity index (χ1n) is 9.52. The molecule has 0 spiro atoms. The average Bonchev–Trinajstić information content (AvgIpc) is 3.16. The standard InChI is InChI=1S/C20H28N4O3/c1-4-16-6-5-7-17(12-16)8-9-22-10-11-23(19(22)21-24(25)26)14-18-13-20(2,3)27-15-18/h5-9,12,18H,4,10-11,13-15H2,1-3H3. The predicted molar refractivity (Wildman–Crippen MR) is 106 cm³/mol. The van der Waals surface area contributed by atoms with Crippen LogP contribution < -0.4 is 0 Å². The Hall–Kier alpha value is -2.41. The lowest BCUT2D eigenvalue weighted by molar-refractivity contribution is -0.486. The molecule has 0 amide bonds. The van der Waals surface area contributed by atoms with Crippen LogP contribution >= 0.6 is 0 Å². The summed E-state index contributed by atoms with van der Waals surface area (Å²) in [5.41, 5.74) is 2.23. The van der Waals surface area contributed by atoms with E-state index in [1.165, 1.54) is 5.56 Å². The molecular weight excluding hydrogens is 344 g/mol. The first kappa shape index (κ1) is 19.4. The van der Waals surface area contributed by atoms with Crippen molar-refractivity contribution in [3.8, 4) is 0 Å². The molecule has 1 atom stereocenters. The molecule has 1 aromatic rings. The third-order valence-electron chi connectivity index (χ3n) is 5.10. The number of ether oxygens (including phenoxy) is 1. The zero-order valence-corrected chi connectivity index (χ0v) is 16.3. The molecule has 0 radical (unpaired) electrons. The smallest absolute Gasteiger partial charge is 0.278 e. The highest BCUT2D eigenvalue weighted by molar-refractivity contribution is 5.83. The molecule has 0 aliphatic carbocycles. The minimum atomic E-state index is -0.610. The molecule has 1 unspecified atom stereocenters. The molecule has 0 aromatic heterocycles. The largest absolute Gasteiger partial charge is 0.375 e. The topological polar surface area (TPSA) is 71.2 Å². The molecular formula is C20H28N4O3. The Labute approximate surface area is 160 Å². The van der Waals surface area contributed by atoms with Crippen LogP contribution in [0.25, 0.3) is 6.08 Å². The van der Waals surface area contributed by atoms with Crippen molar-refractivity contribution in [2.75, 3.05) is 26.2 Å². The maximum Gasteiger partial charge on any atom is 0.278 e. The van der Waals surface area contributed by atoms with Crippen LogP contribution in [0.5, 0.6) is 0 Å². The van der Waals surface area contributed by atoms with Crippen LogP contribution in [0, 0.1) is 16.0 Å². The van der Waals surface area contributed by atoms with Gasteiger partial charge in [0.25, 0.3) is 5.96 Å². The number of benzene rings is 1. The number of rotatable bonds is 6. The van der Waals surface area contributed by atoms with Gasteiger partial charge in [-0.1, -0.05) is 31.2 Å². The summed E-state index contributed by atoms with van der Waals surface area (Å²) in [5.74, 6) is 0.773. The number of nitrogens with zero attached hydrogens (tertiary/aromatic N) is 4.